The summed E-state index contributed by atoms with van der Waals surface area (Å²) in [7, 11) is 0. The van der Waals surface area contributed by atoms with Crippen LogP contribution in [-0.4, -0.2) is 45.5 Å². The fraction of sp³-hybridized carbons (Fsp3) is 0.429. The molecule has 0 aliphatic carbocycles. The number of benzene rings is 2. The van der Waals surface area contributed by atoms with E-state index >= 15 is 0 Å². The van der Waals surface area contributed by atoms with Crippen molar-refractivity contribution in [1.29, 1.82) is 0 Å². The summed E-state index contributed by atoms with van der Waals surface area (Å²) in [5, 5.41) is 21.9. The molecule has 2 saturated heterocycles. The minimum absolute atomic E-state index is 0.0615. The van der Waals surface area contributed by atoms with E-state index in [4.69, 9.17) is 9.47 Å². The summed E-state index contributed by atoms with van der Waals surface area (Å²) >= 11 is 1.64. The highest BCUT2D eigenvalue weighted by Gasteiger charge is 2.59. The fourth-order valence-corrected chi connectivity index (χ4v) is 5.12. The molecule has 0 unspecified atom stereocenters. The Morgan fingerprint density at radius 2 is 1.77 bits per heavy atom. The smallest absolute Gasteiger partial charge is 0.116 e. The van der Waals surface area contributed by atoms with E-state index in [-0.39, 0.29) is 11.4 Å². The predicted octanol–water partition coefficient (Wildman–Crippen LogP) is 3.02. The molecule has 138 valence electrons. The highest BCUT2D eigenvalue weighted by atomic mass is 32.2. The minimum Gasteiger partial charge on any atom is -0.388 e. The monoisotopic (exact) mass is 372 g/mol. The molecular formula is C21H24O4S. The Balaban J connectivity index is 1.49. The number of fused-ring (bicyclic) bond motifs is 2. The Morgan fingerprint density at radius 3 is 2.46 bits per heavy atom. The Bertz CT molecular complexity index is 721. The second-order valence-corrected chi connectivity index (χ2v) is 8.50. The highest BCUT2D eigenvalue weighted by molar-refractivity contribution is 8.00. The lowest BCUT2D eigenvalue weighted by atomic mass is 9.90. The lowest BCUT2D eigenvalue weighted by molar-refractivity contribution is -0.158. The van der Waals surface area contributed by atoms with Crippen molar-refractivity contribution in [2.75, 3.05) is 0 Å². The van der Waals surface area contributed by atoms with Gasteiger partial charge in [-0.15, -0.1) is 11.8 Å². The standard InChI is InChI=1S/C21H24O4S/c1-21(23)17(26-15-10-6-3-7-11-15)12-16-18(22)19(20(21)25-16)24-13-14-8-4-2-5-9-14/h2-11,16-20,22-23H,12-13H2,1H3/t16-,17-,18-,19+,20-,21+/m0/s1. The molecule has 2 heterocycles. The van der Waals surface area contributed by atoms with Gasteiger partial charge in [0.05, 0.1) is 12.7 Å². The van der Waals surface area contributed by atoms with E-state index in [0.29, 0.717) is 13.0 Å². The van der Waals surface area contributed by atoms with Gasteiger partial charge in [0.2, 0.25) is 0 Å². The van der Waals surface area contributed by atoms with Crippen molar-refractivity contribution in [2.45, 2.75) is 60.1 Å². The van der Waals surface area contributed by atoms with Gasteiger partial charge in [-0.05, 0) is 31.0 Å². The summed E-state index contributed by atoms with van der Waals surface area (Å²) in [6.45, 7) is 2.19. The first-order valence-corrected chi connectivity index (χ1v) is 9.87. The van der Waals surface area contributed by atoms with Crippen molar-refractivity contribution in [3.63, 3.8) is 0 Å². The van der Waals surface area contributed by atoms with Gasteiger partial charge in [0.1, 0.15) is 23.9 Å². The molecule has 4 nitrogen and oxygen atoms in total. The van der Waals surface area contributed by atoms with E-state index in [1.807, 2.05) is 60.7 Å². The first-order valence-electron chi connectivity index (χ1n) is 8.99. The van der Waals surface area contributed by atoms with Crippen LogP contribution < -0.4 is 0 Å². The topological polar surface area (TPSA) is 58.9 Å². The van der Waals surface area contributed by atoms with Crippen LogP contribution in [0.2, 0.25) is 0 Å². The Morgan fingerprint density at radius 1 is 1.12 bits per heavy atom. The number of ether oxygens (including phenoxy) is 2. The van der Waals surface area contributed by atoms with Crippen molar-refractivity contribution in [1.82, 2.24) is 0 Å². The third-order valence-corrected chi connectivity index (χ3v) is 6.82. The first-order chi connectivity index (χ1) is 12.6. The maximum Gasteiger partial charge on any atom is 0.116 e. The number of aliphatic hydroxyl groups is 2. The fourth-order valence-electron chi connectivity index (χ4n) is 3.82. The summed E-state index contributed by atoms with van der Waals surface area (Å²) < 4.78 is 12.0. The van der Waals surface area contributed by atoms with Gasteiger partial charge in [-0.3, -0.25) is 0 Å². The maximum atomic E-state index is 11.2. The van der Waals surface area contributed by atoms with Crippen LogP contribution in [0.5, 0.6) is 0 Å². The molecule has 2 aliphatic heterocycles. The highest BCUT2D eigenvalue weighted by Crippen LogP contribution is 2.47. The molecule has 2 aliphatic rings. The van der Waals surface area contributed by atoms with Crippen LogP contribution >= 0.6 is 11.8 Å². The number of aliphatic hydroxyl groups excluding tert-OH is 1. The zero-order valence-corrected chi connectivity index (χ0v) is 15.5. The molecular weight excluding hydrogens is 348 g/mol. The van der Waals surface area contributed by atoms with Crippen molar-refractivity contribution in [3.8, 4) is 0 Å². The van der Waals surface area contributed by atoms with Crippen LogP contribution in [0.1, 0.15) is 18.9 Å². The van der Waals surface area contributed by atoms with Crippen LogP contribution in [0.15, 0.2) is 65.6 Å². The summed E-state index contributed by atoms with van der Waals surface area (Å²) in [5.74, 6) is 0. The van der Waals surface area contributed by atoms with E-state index in [1.165, 1.54) is 0 Å². The Hall–Kier alpha value is -1.37. The molecule has 2 fully saturated rings. The second kappa shape index (κ2) is 7.33. The quantitative estimate of drug-likeness (QED) is 0.845. The lowest BCUT2D eigenvalue weighted by Gasteiger charge is -2.42. The maximum absolute atomic E-state index is 11.2. The van der Waals surface area contributed by atoms with Gasteiger partial charge in [-0.25, -0.2) is 0 Å². The van der Waals surface area contributed by atoms with Gasteiger partial charge >= 0.3 is 0 Å². The molecule has 0 amide bonds. The molecule has 0 radical (unpaired) electrons. The van der Waals surface area contributed by atoms with Crippen molar-refractivity contribution in [3.05, 3.63) is 66.2 Å². The van der Waals surface area contributed by atoms with Crippen molar-refractivity contribution < 1.29 is 19.7 Å². The van der Waals surface area contributed by atoms with Crippen LogP contribution in [-0.2, 0) is 16.1 Å². The van der Waals surface area contributed by atoms with E-state index in [2.05, 4.69) is 0 Å². The molecule has 2 aromatic carbocycles. The number of hydrogen-bond donors (Lipinski definition) is 2. The molecule has 2 N–H and O–H groups in total. The normalized spacial score (nSPS) is 36.2. The summed E-state index contributed by atoms with van der Waals surface area (Å²) in [4.78, 5) is 1.11. The van der Waals surface area contributed by atoms with Gasteiger partial charge in [0, 0.05) is 10.1 Å². The van der Waals surface area contributed by atoms with Crippen LogP contribution in [0.3, 0.4) is 0 Å². The Kier molecular flexibility index (Phi) is 5.08. The number of hydrogen-bond acceptors (Lipinski definition) is 5. The number of thioether (sulfide) groups is 1. The average molecular weight is 372 g/mol. The largest absolute Gasteiger partial charge is 0.388 e. The van der Waals surface area contributed by atoms with E-state index in [9.17, 15) is 10.2 Å². The molecule has 2 bridgehead atoms. The third kappa shape index (κ3) is 3.42. The van der Waals surface area contributed by atoms with Crippen LogP contribution in [0.4, 0.5) is 0 Å². The van der Waals surface area contributed by atoms with Gasteiger partial charge in [-0.1, -0.05) is 48.5 Å². The predicted molar refractivity (Wildman–Crippen MR) is 101 cm³/mol. The molecule has 4 rings (SSSR count). The summed E-state index contributed by atoms with van der Waals surface area (Å²) in [6, 6.07) is 19.9. The van der Waals surface area contributed by atoms with Gasteiger partial charge < -0.3 is 19.7 Å². The number of rotatable bonds is 5. The Labute approximate surface area is 158 Å². The van der Waals surface area contributed by atoms with Gasteiger partial charge in [0.25, 0.3) is 0 Å². The minimum atomic E-state index is -1.09. The van der Waals surface area contributed by atoms with E-state index in [0.717, 1.165) is 10.5 Å². The molecule has 0 spiro atoms. The average Bonchev–Trinajstić information content (AvgIpc) is 2.94. The molecule has 0 saturated carbocycles. The zero-order chi connectivity index (χ0) is 18.1. The summed E-state index contributed by atoms with van der Waals surface area (Å²) in [5.41, 5.74) is -0.0495. The first kappa shape index (κ1) is 18.0. The molecule has 5 heteroatoms. The SMILES string of the molecule is C[C@@]1(O)[C@@H](Sc2ccccc2)C[C@@H]2O[C@H]1[C@H](OCc1ccccc1)[C@H]2O. The molecule has 6 atom stereocenters. The summed E-state index contributed by atoms with van der Waals surface area (Å²) in [6.07, 6.45) is -1.51. The van der Waals surface area contributed by atoms with Gasteiger partial charge in [-0.2, -0.15) is 0 Å². The zero-order valence-electron chi connectivity index (χ0n) is 14.7. The van der Waals surface area contributed by atoms with E-state index < -0.39 is 23.9 Å². The van der Waals surface area contributed by atoms with Crippen LogP contribution in [0, 0.1) is 0 Å². The van der Waals surface area contributed by atoms with E-state index in [1.54, 1.807) is 18.7 Å². The lowest BCUT2D eigenvalue weighted by Crippen LogP contribution is -2.55. The second-order valence-electron chi connectivity index (χ2n) is 7.23. The van der Waals surface area contributed by atoms with Crippen molar-refractivity contribution >= 4 is 11.8 Å². The van der Waals surface area contributed by atoms with Gasteiger partial charge in [0.15, 0.2) is 0 Å². The van der Waals surface area contributed by atoms with Crippen molar-refractivity contribution in [2.24, 2.45) is 0 Å². The van der Waals surface area contributed by atoms with Crippen LogP contribution in [0.25, 0.3) is 0 Å². The third-order valence-electron chi connectivity index (χ3n) is 5.32. The molecule has 2 aromatic rings. The molecule has 0 aromatic heterocycles. The molecule has 26 heavy (non-hydrogen) atoms.